The molecule has 6 heteroatoms. The maximum absolute atomic E-state index is 11.9. The number of aromatic nitrogens is 2. The van der Waals surface area contributed by atoms with Crippen molar-refractivity contribution in [3.05, 3.63) is 12.4 Å². The van der Waals surface area contributed by atoms with Crippen LogP contribution in [-0.2, 0) is 16.1 Å². The number of carbonyl (C=O) groups is 1. The second kappa shape index (κ2) is 4.97. The Morgan fingerprint density at radius 2 is 2.33 bits per heavy atom. The van der Waals surface area contributed by atoms with Gasteiger partial charge in [0.15, 0.2) is 5.75 Å². The van der Waals surface area contributed by atoms with Crippen LogP contribution in [0.15, 0.2) is 12.4 Å². The summed E-state index contributed by atoms with van der Waals surface area (Å²) in [6.07, 6.45) is 5.59. The summed E-state index contributed by atoms with van der Waals surface area (Å²) in [5.74, 6) is 0.400. The number of hydrogen-bond donors (Lipinski definition) is 1. The number of methoxy groups -OCH3 is 2. The van der Waals surface area contributed by atoms with Gasteiger partial charge in [-0.3, -0.25) is 10.00 Å². The van der Waals surface area contributed by atoms with Gasteiger partial charge in [-0.25, -0.2) is 4.79 Å². The van der Waals surface area contributed by atoms with Crippen molar-refractivity contribution in [2.24, 2.45) is 0 Å². The average molecular weight is 253 g/mol. The number of carbonyl (C=O) groups excluding carboxylic acids is 1. The first-order valence-electron chi connectivity index (χ1n) is 6.00. The molecule has 1 heterocycles. The van der Waals surface area contributed by atoms with Crippen LogP contribution in [0.1, 0.15) is 19.8 Å². The molecule has 1 aliphatic rings. The molecule has 0 aliphatic heterocycles. The molecule has 1 aliphatic carbocycles. The molecule has 0 aromatic carbocycles. The van der Waals surface area contributed by atoms with Gasteiger partial charge in [-0.05, 0) is 19.8 Å². The topological polar surface area (TPSA) is 65.4 Å². The first kappa shape index (κ1) is 12.9. The fourth-order valence-corrected chi connectivity index (χ4v) is 1.93. The van der Waals surface area contributed by atoms with Gasteiger partial charge in [-0.2, -0.15) is 5.10 Å². The minimum Gasteiger partial charge on any atom is -0.493 e. The Balaban J connectivity index is 2.10. The molecular weight excluding hydrogens is 234 g/mol. The Labute approximate surface area is 106 Å². The summed E-state index contributed by atoms with van der Waals surface area (Å²) < 4.78 is 11.6. The number of nitrogens with zero attached hydrogens (tertiary/aromatic N) is 2. The number of esters is 1. The van der Waals surface area contributed by atoms with Gasteiger partial charge < -0.3 is 9.47 Å². The molecule has 100 valence electrons. The lowest BCUT2D eigenvalue weighted by atomic mass is 10.0. The number of hydrogen-bond acceptors (Lipinski definition) is 5. The fourth-order valence-electron chi connectivity index (χ4n) is 1.93. The Morgan fingerprint density at radius 1 is 1.61 bits per heavy atom. The van der Waals surface area contributed by atoms with Crippen molar-refractivity contribution in [1.29, 1.82) is 0 Å². The maximum atomic E-state index is 11.9. The summed E-state index contributed by atoms with van der Waals surface area (Å²) in [6, 6.07) is 0.409. The van der Waals surface area contributed by atoms with E-state index in [0.29, 0.717) is 18.3 Å². The van der Waals surface area contributed by atoms with E-state index in [4.69, 9.17) is 9.47 Å². The van der Waals surface area contributed by atoms with E-state index in [1.165, 1.54) is 7.11 Å². The van der Waals surface area contributed by atoms with Crippen LogP contribution < -0.4 is 10.1 Å². The predicted molar refractivity (Wildman–Crippen MR) is 65.4 cm³/mol. The summed E-state index contributed by atoms with van der Waals surface area (Å²) in [5, 5.41) is 7.48. The van der Waals surface area contributed by atoms with E-state index in [-0.39, 0.29) is 5.97 Å². The normalized spacial score (nSPS) is 18.2. The molecule has 2 rings (SSSR count). The lowest BCUT2D eigenvalue weighted by Crippen LogP contribution is -2.54. The third-order valence-electron chi connectivity index (χ3n) is 3.06. The number of rotatable bonds is 6. The van der Waals surface area contributed by atoms with Crippen LogP contribution in [0.3, 0.4) is 0 Å². The summed E-state index contributed by atoms with van der Waals surface area (Å²) in [4.78, 5) is 11.9. The molecule has 1 unspecified atom stereocenters. The molecule has 0 spiro atoms. The van der Waals surface area contributed by atoms with Gasteiger partial charge in [0.2, 0.25) is 0 Å². The molecule has 1 fully saturated rings. The Hall–Kier alpha value is -1.56. The Kier molecular flexibility index (Phi) is 3.56. The molecule has 0 bridgehead atoms. The van der Waals surface area contributed by atoms with Crippen molar-refractivity contribution in [1.82, 2.24) is 15.1 Å². The lowest BCUT2D eigenvalue weighted by Gasteiger charge is -2.27. The van der Waals surface area contributed by atoms with Crippen molar-refractivity contribution >= 4 is 5.97 Å². The molecule has 1 N–H and O–H groups in total. The zero-order valence-corrected chi connectivity index (χ0v) is 11.0. The second-order valence-corrected chi connectivity index (χ2v) is 4.82. The minimum atomic E-state index is -0.757. The van der Waals surface area contributed by atoms with Gasteiger partial charge in [0, 0.05) is 6.04 Å². The molecule has 1 aromatic rings. The van der Waals surface area contributed by atoms with E-state index in [9.17, 15) is 4.79 Å². The van der Waals surface area contributed by atoms with Gasteiger partial charge in [0.25, 0.3) is 0 Å². The summed E-state index contributed by atoms with van der Waals surface area (Å²) in [7, 11) is 2.99. The Bertz CT molecular complexity index is 428. The van der Waals surface area contributed by atoms with Crippen molar-refractivity contribution in [3.8, 4) is 5.75 Å². The quantitative estimate of drug-likeness (QED) is 0.751. The molecular formula is C12H19N3O3. The average Bonchev–Trinajstić information content (AvgIpc) is 3.04. The zero-order chi connectivity index (χ0) is 13.2. The largest absolute Gasteiger partial charge is 0.493 e. The molecule has 0 saturated heterocycles. The van der Waals surface area contributed by atoms with Crippen LogP contribution >= 0.6 is 0 Å². The number of ether oxygens (including phenoxy) is 2. The highest BCUT2D eigenvalue weighted by Crippen LogP contribution is 2.24. The van der Waals surface area contributed by atoms with Crippen LogP contribution in [0.4, 0.5) is 0 Å². The van der Waals surface area contributed by atoms with Crippen LogP contribution in [0.5, 0.6) is 5.75 Å². The van der Waals surface area contributed by atoms with Crippen LogP contribution in [-0.4, -0.2) is 41.6 Å². The smallest absolute Gasteiger partial charge is 0.327 e. The monoisotopic (exact) mass is 253 g/mol. The highest BCUT2D eigenvalue weighted by molar-refractivity contribution is 5.80. The number of nitrogens with one attached hydrogen (secondary N) is 1. The summed E-state index contributed by atoms with van der Waals surface area (Å²) >= 11 is 0. The second-order valence-electron chi connectivity index (χ2n) is 4.82. The van der Waals surface area contributed by atoms with E-state index in [0.717, 1.165) is 12.8 Å². The van der Waals surface area contributed by atoms with E-state index in [1.807, 2.05) is 6.92 Å². The van der Waals surface area contributed by atoms with E-state index in [1.54, 1.807) is 24.2 Å². The van der Waals surface area contributed by atoms with Gasteiger partial charge in [0.05, 0.1) is 33.2 Å². The van der Waals surface area contributed by atoms with Crippen LogP contribution in [0.2, 0.25) is 0 Å². The van der Waals surface area contributed by atoms with E-state index < -0.39 is 5.54 Å². The van der Waals surface area contributed by atoms with Crippen molar-refractivity contribution < 1.29 is 14.3 Å². The van der Waals surface area contributed by atoms with Gasteiger partial charge in [0.1, 0.15) is 5.54 Å². The highest BCUT2D eigenvalue weighted by Gasteiger charge is 2.40. The Morgan fingerprint density at radius 3 is 2.83 bits per heavy atom. The SMILES string of the molecule is COC(=O)C(C)(Cn1cc(OC)cn1)NC1CC1. The van der Waals surface area contributed by atoms with E-state index >= 15 is 0 Å². The van der Waals surface area contributed by atoms with Gasteiger partial charge in [-0.1, -0.05) is 0 Å². The van der Waals surface area contributed by atoms with Crippen molar-refractivity contribution in [3.63, 3.8) is 0 Å². The minimum absolute atomic E-state index is 0.274. The third kappa shape index (κ3) is 2.81. The first-order valence-corrected chi connectivity index (χ1v) is 6.00. The van der Waals surface area contributed by atoms with Crippen molar-refractivity contribution in [2.75, 3.05) is 14.2 Å². The summed E-state index contributed by atoms with van der Waals surface area (Å²) in [5.41, 5.74) is -0.757. The molecule has 1 saturated carbocycles. The lowest BCUT2D eigenvalue weighted by molar-refractivity contribution is -0.148. The molecule has 6 nitrogen and oxygen atoms in total. The fraction of sp³-hybridized carbons (Fsp3) is 0.667. The zero-order valence-electron chi connectivity index (χ0n) is 11.0. The molecule has 1 atom stereocenters. The molecule has 0 radical (unpaired) electrons. The third-order valence-corrected chi connectivity index (χ3v) is 3.06. The standard InChI is InChI=1S/C12H19N3O3/c1-12(11(16)18-3,14-9-4-5-9)8-15-7-10(17-2)6-13-15/h6-7,9,14H,4-5,8H2,1-3H3. The molecule has 1 aromatic heterocycles. The molecule has 18 heavy (non-hydrogen) atoms. The van der Waals surface area contributed by atoms with Crippen LogP contribution in [0.25, 0.3) is 0 Å². The highest BCUT2D eigenvalue weighted by atomic mass is 16.5. The predicted octanol–water partition coefficient (Wildman–Crippen LogP) is 0.575. The summed E-state index contributed by atoms with van der Waals surface area (Å²) in [6.45, 7) is 2.25. The van der Waals surface area contributed by atoms with E-state index in [2.05, 4.69) is 10.4 Å². The van der Waals surface area contributed by atoms with Crippen LogP contribution in [0, 0.1) is 0 Å². The maximum Gasteiger partial charge on any atom is 0.327 e. The van der Waals surface area contributed by atoms with Gasteiger partial charge in [-0.15, -0.1) is 0 Å². The molecule has 0 amide bonds. The van der Waals surface area contributed by atoms with Crippen molar-refractivity contribution in [2.45, 2.75) is 37.9 Å². The first-order chi connectivity index (χ1) is 8.57. The van der Waals surface area contributed by atoms with Gasteiger partial charge >= 0.3 is 5.97 Å².